The Kier molecular flexibility index (Phi) is 22.4. The highest BCUT2D eigenvalue weighted by Crippen LogP contribution is 2.56. The highest BCUT2D eigenvalue weighted by atomic mass is 31.2. The fourth-order valence-electron chi connectivity index (χ4n) is 4.49. The number of unbranched alkanes of at least 4 members (excludes halogenated alkanes) is 15. The van der Waals surface area contributed by atoms with Crippen molar-refractivity contribution in [3.63, 3.8) is 0 Å². The summed E-state index contributed by atoms with van der Waals surface area (Å²) in [4.78, 5) is 0. The van der Waals surface area contributed by atoms with Gasteiger partial charge in [0, 0.05) is 6.54 Å². The largest absolute Gasteiger partial charge is 0.193 e. The first-order valence-electron chi connectivity index (χ1n) is 13.4. The summed E-state index contributed by atoms with van der Waals surface area (Å²) >= 11 is 0. The predicted octanol–water partition coefficient (Wildman–Crippen LogP) is 9.61. The van der Waals surface area contributed by atoms with Gasteiger partial charge in [0.25, 0.3) is 0 Å². The molecule has 0 amide bonds. The molecule has 0 aromatic rings. The maximum absolute atomic E-state index is 4.11. The third-order valence-electron chi connectivity index (χ3n) is 6.31. The van der Waals surface area contributed by atoms with Crippen molar-refractivity contribution in [3.05, 3.63) is 0 Å². The van der Waals surface area contributed by atoms with Gasteiger partial charge in [-0.25, -0.2) is 0 Å². The predicted molar refractivity (Wildman–Crippen MR) is 135 cm³/mol. The maximum Gasteiger partial charge on any atom is 0.0799 e. The Morgan fingerprint density at radius 3 is 0.964 bits per heavy atom. The summed E-state index contributed by atoms with van der Waals surface area (Å²) in [6, 6.07) is 0. The molecule has 0 heterocycles. The lowest BCUT2D eigenvalue weighted by atomic mass is 10.1. The van der Waals surface area contributed by atoms with E-state index in [1.165, 1.54) is 141 Å². The van der Waals surface area contributed by atoms with Gasteiger partial charge < -0.3 is 0 Å². The summed E-state index contributed by atoms with van der Waals surface area (Å²) in [5.74, 6) is 0. The molecule has 0 atom stereocenters. The Morgan fingerprint density at radius 2 is 0.679 bits per heavy atom. The van der Waals surface area contributed by atoms with Gasteiger partial charge in [0.2, 0.25) is 0 Å². The van der Waals surface area contributed by atoms with Crippen molar-refractivity contribution < 1.29 is 0 Å². The first-order valence-corrected chi connectivity index (χ1v) is 15.7. The lowest BCUT2D eigenvalue weighted by Crippen LogP contribution is -2.24. The highest BCUT2D eigenvalue weighted by Gasteiger charge is 2.34. The van der Waals surface area contributed by atoms with Crippen molar-refractivity contribution in [2.45, 2.75) is 143 Å². The third kappa shape index (κ3) is 17.3. The Hall–Kier alpha value is 0.390. The molecule has 0 saturated heterocycles. The van der Waals surface area contributed by atoms with E-state index in [1.807, 2.05) is 0 Å². The van der Waals surface area contributed by atoms with Crippen LogP contribution in [0.25, 0.3) is 0 Å². The Morgan fingerprint density at radius 1 is 0.393 bits per heavy atom. The van der Waals surface area contributed by atoms with Crippen LogP contribution in [0.3, 0.4) is 0 Å². The Bertz CT molecular complexity index is 251. The molecule has 170 valence electrons. The van der Waals surface area contributed by atoms with Crippen LogP contribution in [0.2, 0.25) is 0 Å². The Balaban J connectivity index is 4.39. The van der Waals surface area contributed by atoms with Gasteiger partial charge >= 0.3 is 0 Å². The van der Waals surface area contributed by atoms with E-state index in [4.69, 9.17) is 0 Å². The number of rotatable bonds is 23. The second kappa shape index (κ2) is 22.1. The molecular weight excluding hydrogens is 357 g/mol. The summed E-state index contributed by atoms with van der Waals surface area (Å²) in [5, 5.41) is 4.11. The molecule has 28 heavy (non-hydrogen) atoms. The van der Waals surface area contributed by atoms with Gasteiger partial charge in [0.15, 0.2) is 0 Å². The van der Waals surface area contributed by atoms with Gasteiger partial charge in [-0.3, -0.25) is 0 Å². The second-order valence-corrected chi connectivity index (χ2v) is 13.1. The van der Waals surface area contributed by atoms with E-state index >= 15 is 0 Å². The van der Waals surface area contributed by atoms with E-state index in [-0.39, 0.29) is 0 Å². The summed E-state index contributed by atoms with van der Waals surface area (Å²) in [6.07, 6.45) is 30.6. The second-order valence-electron chi connectivity index (χ2n) is 9.13. The molecule has 0 aliphatic heterocycles. The molecule has 1 N–H and O–H groups in total. The summed E-state index contributed by atoms with van der Waals surface area (Å²) in [5.41, 5.74) is 0. The molecule has 0 aliphatic rings. The zero-order valence-corrected chi connectivity index (χ0v) is 21.4. The molecule has 0 saturated carbocycles. The molecule has 0 bridgehead atoms. The van der Waals surface area contributed by atoms with Gasteiger partial charge in [-0.15, -0.1) is 0 Å². The SMILES string of the molecule is CCCCCCCC[P+](CCCCCCCC)(CCCCCCCC)NCC. The monoisotopic (exact) mass is 414 g/mol. The summed E-state index contributed by atoms with van der Waals surface area (Å²) in [7, 11) is -0.913. The van der Waals surface area contributed by atoms with Crippen molar-refractivity contribution in [2.24, 2.45) is 0 Å². The molecule has 2 heteroatoms. The van der Waals surface area contributed by atoms with Crippen molar-refractivity contribution in [3.8, 4) is 0 Å². The van der Waals surface area contributed by atoms with E-state index in [0.717, 1.165) is 0 Å². The smallest absolute Gasteiger partial charge is 0.0799 e. The fourth-order valence-corrected chi connectivity index (χ4v) is 8.80. The van der Waals surface area contributed by atoms with E-state index in [9.17, 15) is 0 Å². The molecule has 0 radical (unpaired) electrons. The number of hydrogen-bond donors (Lipinski definition) is 1. The molecular formula is C26H57NP+. The van der Waals surface area contributed by atoms with Gasteiger partial charge in [0.05, 0.1) is 25.9 Å². The lowest BCUT2D eigenvalue weighted by Gasteiger charge is -2.28. The van der Waals surface area contributed by atoms with E-state index in [1.54, 1.807) is 0 Å². The van der Waals surface area contributed by atoms with Crippen LogP contribution >= 0.6 is 7.41 Å². The standard InChI is InChI=1S/C26H57NP/c1-5-9-12-15-18-21-24-28(27-8-4,25-22-19-16-13-10-6-2)26-23-20-17-14-11-7-3/h27H,5-26H2,1-4H3/q+1. The average molecular weight is 415 g/mol. The van der Waals surface area contributed by atoms with Crippen molar-refractivity contribution in [2.75, 3.05) is 25.0 Å². The van der Waals surface area contributed by atoms with Crippen LogP contribution in [0, 0.1) is 0 Å². The highest BCUT2D eigenvalue weighted by molar-refractivity contribution is 7.74. The van der Waals surface area contributed by atoms with Gasteiger partial charge in [0.1, 0.15) is 0 Å². The van der Waals surface area contributed by atoms with Crippen LogP contribution in [0.15, 0.2) is 0 Å². The van der Waals surface area contributed by atoms with Crippen molar-refractivity contribution in [1.29, 1.82) is 0 Å². The molecule has 0 aromatic heterocycles. The molecule has 0 rings (SSSR count). The van der Waals surface area contributed by atoms with Gasteiger partial charge in [-0.05, 0) is 45.4 Å². The maximum atomic E-state index is 4.11. The van der Waals surface area contributed by atoms with Crippen LogP contribution in [-0.4, -0.2) is 25.0 Å². The molecule has 0 aromatic carbocycles. The van der Waals surface area contributed by atoms with E-state index in [0.29, 0.717) is 0 Å². The topological polar surface area (TPSA) is 12.0 Å². The molecule has 0 unspecified atom stereocenters. The minimum atomic E-state index is -0.913. The number of nitrogens with one attached hydrogen (secondary N) is 1. The van der Waals surface area contributed by atoms with Crippen LogP contribution in [-0.2, 0) is 0 Å². The minimum Gasteiger partial charge on any atom is -0.193 e. The molecule has 0 fully saturated rings. The van der Waals surface area contributed by atoms with Crippen LogP contribution in [0.5, 0.6) is 0 Å². The van der Waals surface area contributed by atoms with Gasteiger partial charge in [-0.2, -0.15) is 5.09 Å². The Labute approximate surface area is 181 Å². The quantitative estimate of drug-likeness (QED) is 0.130. The number of hydrogen-bond acceptors (Lipinski definition) is 1. The van der Waals surface area contributed by atoms with Crippen molar-refractivity contribution in [1.82, 2.24) is 5.09 Å². The molecule has 0 aliphatic carbocycles. The normalized spacial score (nSPS) is 12.0. The minimum absolute atomic E-state index is 0.913. The lowest BCUT2D eigenvalue weighted by molar-refractivity contribution is 0.613. The zero-order valence-electron chi connectivity index (χ0n) is 20.5. The average Bonchev–Trinajstić information content (AvgIpc) is 2.70. The zero-order chi connectivity index (χ0) is 20.8. The summed E-state index contributed by atoms with van der Waals surface area (Å²) < 4.78 is 0. The molecule has 1 nitrogen and oxygen atoms in total. The van der Waals surface area contributed by atoms with Crippen LogP contribution in [0.4, 0.5) is 0 Å². The van der Waals surface area contributed by atoms with Crippen molar-refractivity contribution >= 4 is 7.41 Å². The third-order valence-corrected chi connectivity index (χ3v) is 10.8. The van der Waals surface area contributed by atoms with E-state index in [2.05, 4.69) is 32.8 Å². The molecule has 0 spiro atoms. The fraction of sp³-hybridized carbons (Fsp3) is 1.00. The van der Waals surface area contributed by atoms with Crippen LogP contribution < -0.4 is 5.09 Å². The van der Waals surface area contributed by atoms with Gasteiger partial charge in [-0.1, -0.05) is 97.8 Å². The van der Waals surface area contributed by atoms with E-state index < -0.39 is 7.41 Å². The first kappa shape index (κ1) is 28.4. The first-order chi connectivity index (χ1) is 13.7. The van der Waals surface area contributed by atoms with Crippen LogP contribution in [0.1, 0.15) is 143 Å². The summed E-state index contributed by atoms with van der Waals surface area (Å²) in [6.45, 7) is 10.5.